The van der Waals surface area contributed by atoms with Crippen LogP contribution in [0.4, 0.5) is 0 Å². The lowest BCUT2D eigenvalue weighted by molar-refractivity contribution is -0.117. The van der Waals surface area contributed by atoms with Crippen LogP contribution >= 0.6 is 15.9 Å². The lowest BCUT2D eigenvalue weighted by Gasteiger charge is -2.24. The van der Waals surface area contributed by atoms with Crippen LogP contribution in [0.1, 0.15) is 6.92 Å². The van der Waals surface area contributed by atoms with Crippen molar-refractivity contribution in [2.24, 2.45) is 0 Å². The number of halogens is 1. The fourth-order valence-electron chi connectivity index (χ4n) is 0.906. The van der Waals surface area contributed by atoms with Gasteiger partial charge in [0.1, 0.15) is 10.7 Å². The Hall–Kier alpha value is -0.570. The highest BCUT2D eigenvalue weighted by molar-refractivity contribution is 9.09. The normalized spacial score (nSPS) is 22.4. The van der Waals surface area contributed by atoms with E-state index >= 15 is 0 Å². The summed E-state index contributed by atoms with van der Waals surface area (Å²) >= 11 is 3.42. The molecule has 3 heteroatoms. The molecule has 0 fully saturated rings. The largest absolute Gasteiger partial charge is 0.354 e. The molecule has 1 aliphatic rings. The van der Waals surface area contributed by atoms with E-state index in [1.54, 1.807) is 6.92 Å². The Morgan fingerprint density at radius 3 is 2.91 bits per heavy atom. The third-order valence-corrected chi connectivity index (χ3v) is 2.21. The summed E-state index contributed by atoms with van der Waals surface area (Å²) in [6.07, 6.45) is 7.76. The first kappa shape index (κ1) is 8.53. The highest BCUT2D eigenvalue weighted by Gasteiger charge is 2.11. The van der Waals surface area contributed by atoms with Crippen LogP contribution in [0.2, 0.25) is 0 Å². The van der Waals surface area contributed by atoms with Crippen molar-refractivity contribution in [1.82, 2.24) is 4.90 Å². The van der Waals surface area contributed by atoms with Gasteiger partial charge in [0, 0.05) is 6.20 Å². The van der Waals surface area contributed by atoms with Crippen LogP contribution in [0, 0.1) is 0 Å². The van der Waals surface area contributed by atoms with E-state index < -0.39 is 0 Å². The monoisotopic (exact) mass is 215 g/mol. The molecule has 0 spiro atoms. The average molecular weight is 216 g/mol. The van der Waals surface area contributed by atoms with Crippen molar-refractivity contribution in [2.45, 2.75) is 11.9 Å². The van der Waals surface area contributed by atoms with Gasteiger partial charge in [-0.2, -0.15) is 0 Å². The van der Waals surface area contributed by atoms with Gasteiger partial charge in [0.05, 0.1) is 6.54 Å². The molecule has 0 radical (unpaired) electrons. The predicted molar refractivity (Wildman–Crippen MR) is 48.4 cm³/mol. The minimum absolute atomic E-state index is 0.163. The molecule has 1 rings (SSSR count). The third kappa shape index (κ3) is 2.50. The maximum absolute atomic E-state index is 10.7. The first-order valence-corrected chi connectivity index (χ1v) is 4.36. The molecule has 11 heavy (non-hydrogen) atoms. The average Bonchev–Trinajstić information content (AvgIpc) is 1.93. The molecule has 0 amide bonds. The highest BCUT2D eigenvalue weighted by atomic mass is 79.9. The van der Waals surface area contributed by atoms with Crippen LogP contribution in [-0.2, 0) is 4.79 Å². The number of alkyl halides is 1. The number of carbonyl (C=O) groups excluding carboxylic acids is 1. The molecule has 0 bridgehead atoms. The summed E-state index contributed by atoms with van der Waals surface area (Å²) in [5.41, 5.74) is 0. The van der Waals surface area contributed by atoms with Gasteiger partial charge in [0.25, 0.3) is 0 Å². The summed E-state index contributed by atoms with van der Waals surface area (Å²) in [4.78, 5) is 12.8. The lowest BCUT2D eigenvalue weighted by Crippen LogP contribution is -2.29. The van der Waals surface area contributed by atoms with E-state index in [-0.39, 0.29) is 10.7 Å². The molecule has 0 aliphatic carbocycles. The van der Waals surface area contributed by atoms with E-state index in [1.807, 2.05) is 29.3 Å². The molecule has 0 N–H and O–H groups in total. The summed E-state index contributed by atoms with van der Waals surface area (Å²) in [6.45, 7) is 2.06. The zero-order chi connectivity index (χ0) is 8.27. The second-order valence-electron chi connectivity index (χ2n) is 2.47. The molecule has 1 heterocycles. The molecule has 60 valence electrons. The van der Waals surface area contributed by atoms with Gasteiger partial charge in [0.15, 0.2) is 0 Å². The first-order valence-electron chi connectivity index (χ1n) is 3.44. The molecular weight excluding hydrogens is 206 g/mol. The van der Waals surface area contributed by atoms with Crippen LogP contribution in [0.5, 0.6) is 0 Å². The summed E-state index contributed by atoms with van der Waals surface area (Å²) in [7, 11) is 0. The van der Waals surface area contributed by atoms with Crippen molar-refractivity contribution in [3.8, 4) is 0 Å². The summed E-state index contributed by atoms with van der Waals surface area (Å²) in [5.74, 6) is 0.175. The van der Waals surface area contributed by atoms with Crippen molar-refractivity contribution >= 4 is 21.7 Å². The molecule has 0 saturated heterocycles. The summed E-state index contributed by atoms with van der Waals surface area (Å²) < 4.78 is 0. The first-order chi connectivity index (χ1) is 5.20. The van der Waals surface area contributed by atoms with Crippen LogP contribution in [-0.4, -0.2) is 22.2 Å². The molecule has 0 aromatic carbocycles. The lowest BCUT2D eigenvalue weighted by atomic mass is 10.3. The van der Waals surface area contributed by atoms with Gasteiger partial charge in [-0.25, -0.2) is 0 Å². The number of hydrogen-bond acceptors (Lipinski definition) is 2. The van der Waals surface area contributed by atoms with Crippen molar-refractivity contribution < 1.29 is 4.79 Å². The van der Waals surface area contributed by atoms with Gasteiger partial charge in [-0.15, -0.1) is 0 Å². The zero-order valence-corrected chi connectivity index (χ0v) is 7.91. The Morgan fingerprint density at radius 2 is 2.36 bits per heavy atom. The Kier molecular flexibility index (Phi) is 2.88. The van der Waals surface area contributed by atoms with E-state index in [9.17, 15) is 4.79 Å². The third-order valence-electron chi connectivity index (χ3n) is 1.38. The van der Waals surface area contributed by atoms with E-state index in [4.69, 9.17) is 0 Å². The van der Waals surface area contributed by atoms with Gasteiger partial charge in [0.2, 0.25) is 0 Å². The van der Waals surface area contributed by atoms with E-state index in [0.717, 1.165) is 0 Å². The quantitative estimate of drug-likeness (QED) is 0.517. The number of carbonyl (C=O) groups is 1. The van der Waals surface area contributed by atoms with Crippen LogP contribution < -0.4 is 0 Å². The van der Waals surface area contributed by atoms with Gasteiger partial charge >= 0.3 is 0 Å². The minimum Gasteiger partial charge on any atom is -0.354 e. The molecule has 1 aliphatic heterocycles. The van der Waals surface area contributed by atoms with Crippen LogP contribution in [0.25, 0.3) is 0 Å². The summed E-state index contributed by atoms with van der Waals surface area (Å²) in [5, 5.41) is 0. The smallest absolute Gasteiger partial charge is 0.149 e. The second-order valence-corrected chi connectivity index (χ2v) is 3.41. The zero-order valence-electron chi connectivity index (χ0n) is 6.33. The summed E-state index contributed by atoms with van der Waals surface area (Å²) in [6, 6.07) is 0. The standard InChI is InChI=1S/C8H10BrNO/c1-7(11)6-10-5-3-2-4-8(10)9/h2-5,8H,6H2,1H3. The molecule has 1 unspecified atom stereocenters. The van der Waals surface area contributed by atoms with Gasteiger partial charge in [-0.05, 0) is 13.0 Å². The maximum atomic E-state index is 10.7. The number of allylic oxidation sites excluding steroid dienone is 2. The second kappa shape index (κ2) is 3.72. The van der Waals surface area contributed by atoms with Crippen LogP contribution in [0.3, 0.4) is 0 Å². The van der Waals surface area contributed by atoms with Gasteiger partial charge < -0.3 is 4.90 Å². The molecular formula is C8H10BrNO. The number of ketones is 1. The molecule has 0 saturated carbocycles. The van der Waals surface area contributed by atoms with E-state index in [2.05, 4.69) is 15.9 Å². The van der Waals surface area contributed by atoms with Crippen LogP contribution in [0.15, 0.2) is 24.4 Å². The number of hydrogen-bond donors (Lipinski definition) is 0. The Bertz CT molecular complexity index is 210. The Labute approximate surface area is 74.7 Å². The van der Waals surface area contributed by atoms with E-state index in [1.165, 1.54) is 0 Å². The van der Waals surface area contributed by atoms with Crippen molar-refractivity contribution in [1.29, 1.82) is 0 Å². The number of rotatable bonds is 2. The highest BCUT2D eigenvalue weighted by Crippen LogP contribution is 2.13. The Balaban J connectivity index is 2.52. The molecule has 0 aromatic heterocycles. The predicted octanol–water partition coefficient (Wildman–Crippen LogP) is 1.68. The topological polar surface area (TPSA) is 20.3 Å². The molecule has 1 atom stereocenters. The van der Waals surface area contributed by atoms with Gasteiger partial charge in [-0.3, -0.25) is 4.79 Å². The van der Waals surface area contributed by atoms with Crippen molar-refractivity contribution in [3.05, 3.63) is 24.4 Å². The SMILES string of the molecule is CC(=O)CN1C=CC=CC1Br. The van der Waals surface area contributed by atoms with Crippen molar-refractivity contribution in [3.63, 3.8) is 0 Å². The van der Waals surface area contributed by atoms with Gasteiger partial charge in [-0.1, -0.05) is 28.1 Å². The maximum Gasteiger partial charge on any atom is 0.149 e. The fourth-order valence-corrected chi connectivity index (χ4v) is 1.36. The van der Waals surface area contributed by atoms with E-state index in [0.29, 0.717) is 6.54 Å². The molecule has 0 aromatic rings. The minimum atomic E-state index is 0.163. The number of nitrogens with zero attached hydrogens (tertiary/aromatic N) is 1. The molecule has 2 nitrogen and oxygen atoms in total. The Morgan fingerprint density at radius 1 is 1.64 bits per heavy atom. The van der Waals surface area contributed by atoms with Crippen molar-refractivity contribution in [2.75, 3.05) is 6.54 Å². The number of Topliss-reactive ketones (excluding diaryl/α,β-unsaturated/α-hetero) is 1. The fraction of sp³-hybridized carbons (Fsp3) is 0.375.